The minimum atomic E-state index is -1.21. The van der Waals surface area contributed by atoms with Crippen LogP contribution in [0.5, 0.6) is 0 Å². The number of aromatic nitrogens is 3. The molecule has 1 N–H and O–H groups in total. The van der Waals surface area contributed by atoms with E-state index in [1.807, 2.05) is 52.0 Å². The van der Waals surface area contributed by atoms with Crippen LogP contribution in [0, 0.1) is 6.92 Å². The number of hydrogen-bond acceptors (Lipinski definition) is 7. The van der Waals surface area contributed by atoms with Crippen LogP contribution in [0.25, 0.3) is 5.65 Å². The molecule has 9 nitrogen and oxygen atoms in total. The Kier molecular flexibility index (Phi) is 10.4. The molecule has 0 radical (unpaired) electrons. The topological polar surface area (TPSA) is 98.4 Å². The normalized spacial score (nSPS) is 15.9. The molecular weight excluding hydrogens is 544 g/mol. The van der Waals surface area contributed by atoms with Crippen LogP contribution >= 0.6 is 0 Å². The minimum absolute atomic E-state index is 0.286. The highest BCUT2D eigenvalue weighted by molar-refractivity contribution is 5.78. The number of piperidine rings is 1. The first-order chi connectivity index (χ1) is 20.4. The maximum Gasteiger partial charge on any atom is 0.337 e. The van der Waals surface area contributed by atoms with Crippen molar-refractivity contribution in [2.45, 2.75) is 90.8 Å². The number of allylic oxidation sites excluding steroid dienone is 1. The van der Waals surface area contributed by atoms with Gasteiger partial charge in [0.15, 0.2) is 11.8 Å². The standard InChI is InChI=1S/C34H46N4O5/c1-8-10-13-25-14-11-12-15-26(25)22-41-23-27-21-28-35-24(3)29(30(32(39)40)43-33(4,5)6)31(38(28)36-27)37-18-16-34(7,17-19-37)42-20-9-2/h8-9,11-12,14-15,21,30H,1-2,10,13,16-20,22-23H2,3-7H3,(H,39,40). The number of carbonyl (C=O) groups is 1. The van der Waals surface area contributed by atoms with Crippen LogP contribution in [-0.4, -0.2) is 56.6 Å². The van der Waals surface area contributed by atoms with Crippen molar-refractivity contribution in [1.29, 1.82) is 0 Å². The molecule has 0 saturated carbocycles. The van der Waals surface area contributed by atoms with Crippen molar-refractivity contribution in [3.8, 4) is 0 Å². The number of nitrogens with zero attached hydrogens (tertiary/aromatic N) is 4. The fourth-order valence-electron chi connectivity index (χ4n) is 5.49. The van der Waals surface area contributed by atoms with Crippen molar-refractivity contribution in [2.24, 2.45) is 0 Å². The smallest absolute Gasteiger partial charge is 0.337 e. The fourth-order valence-corrected chi connectivity index (χ4v) is 5.49. The summed E-state index contributed by atoms with van der Waals surface area (Å²) >= 11 is 0. The predicted octanol–water partition coefficient (Wildman–Crippen LogP) is 6.38. The number of aliphatic carboxylic acids is 1. The van der Waals surface area contributed by atoms with Crippen molar-refractivity contribution >= 4 is 17.4 Å². The maximum absolute atomic E-state index is 12.6. The van der Waals surface area contributed by atoms with E-state index in [-0.39, 0.29) is 5.60 Å². The van der Waals surface area contributed by atoms with E-state index in [1.54, 1.807) is 10.6 Å². The summed E-state index contributed by atoms with van der Waals surface area (Å²) in [7, 11) is 0. The van der Waals surface area contributed by atoms with Gasteiger partial charge < -0.3 is 24.2 Å². The van der Waals surface area contributed by atoms with Gasteiger partial charge in [0.1, 0.15) is 5.82 Å². The second-order valence-corrected chi connectivity index (χ2v) is 12.4. The molecule has 232 valence electrons. The number of carboxylic acid groups (broad SMARTS) is 1. The molecule has 1 saturated heterocycles. The van der Waals surface area contributed by atoms with E-state index in [9.17, 15) is 9.90 Å². The van der Waals surface area contributed by atoms with Gasteiger partial charge in [0.2, 0.25) is 0 Å². The first kappa shape index (κ1) is 32.4. The number of aryl methyl sites for hydroxylation is 2. The molecule has 9 heteroatoms. The summed E-state index contributed by atoms with van der Waals surface area (Å²) in [5, 5.41) is 15.2. The third kappa shape index (κ3) is 8.10. The third-order valence-electron chi connectivity index (χ3n) is 7.73. The summed E-state index contributed by atoms with van der Waals surface area (Å²) in [6.07, 6.45) is 5.84. The van der Waals surface area contributed by atoms with Crippen LogP contribution in [0.1, 0.15) is 81.1 Å². The van der Waals surface area contributed by atoms with Crippen LogP contribution < -0.4 is 4.90 Å². The molecule has 1 aliphatic rings. The molecule has 3 heterocycles. The first-order valence-corrected chi connectivity index (χ1v) is 15.0. The molecule has 1 aliphatic heterocycles. The van der Waals surface area contributed by atoms with Crippen molar-refractivity contribution in [3.05, 3.63) is 83.7 Å². The summed E-state index contributed by atoms with van der Waals surface area (Å²) in [4.78, 5) is 19.6. The van der Waals surface area contributed by atoms with E-state index in [0.717, 1.165) is 31.2 Å². The number of ether oxygens (including phenoxy) is 3. The SMILES string of the molecule is C=CCCc1ccccc1COCc1cc2nc(C)c(C(OC(C)(C)C)C(=O)O)c(N3CCC(C)(OCC=C)CC3)n2n1. The van der Waals surface area contributed by atoms with Crippen LogP contribution in [0.15, 0.2) is 55.6 Å². The summed E-state index contributed by atoms with van der Waals surface area (Å²) in [5.41, 5.74) is 3.87. The zero-order valence-electron chi connectivity index (χ0n) is 26.3. The Bertz CT molecular complexity index is 1430. The molecule has 3 aromatic rings. The lowest BCUT2D eigenvalue weighted by Gasteiger charge is -2.41. The van der Waals surface area contributed by atoms with Crippen molar-refractivity contribution in [2.75, 3.05) is 24.6 Å². The van der Waals surface area contributed by atoms with Crippen LogP contribution in [0.4, 0.5) is 5.82 Å². The van der Waals surface area contributed by atoms with E-state index >= 15 is 0 Å². The van der Waals surface area contributed by atoms with E-state index in [0.29, 0.717) is 61.3 Å². The molecule has 1 fully saturated rings. The molecule has 1 aromatic carbocycles. The Balaban J connectivity index is 1.68. The molecule has 4 rings (SSSR count). The molecule has 43 heavy (non-hydrogen) atoms. The lowest BCUT2D eigenvalue weighted by Crippen LogP contribution is -2.45. The quantitative estimate of drug-likeness (QED) is 0.216. The third-order valence-corrected chi connectivity index (χ3v) is 7.73. The Hall–Kier alpha value is -3.53. The largest absolute Gasteiger partial charge is 0.479 e. The lowest BCUT2D eigenvalue weighted by molar-refractivity contribution is -0.160. The van der Waals surface area contributed by atoms with Gasteiger partial charge in [-0.1, -0.05) is 36.4 Å². The average molecular weight is 591 g/mol. The number of benzene rings is 1. The molecule has 0 bridgehead atoms. The molecule has 0 spiro atoms. The zero-order valence-corrected chi connectivity index (χ0v) is 26.3. The Labute approximate surface area is 255 Å². The van der Waals surface area contributed by atoms with E-state index in [4.69, 9.17) is 24.3 Å². The summed E-state index contributed by atoms with van der Waals surface area (Å²) in [6.45, 7) is 19.7. The van der Waals surface area contributed by atoms with Gasteiger partial charge in [-0.05, 0) is 71.4 Å². The van der Waals surface area contributed by atoms with Crippen LogP contribution in [0.3, 0.4) is 0 Å². The summed E-state index contributed by atoms with van der Waals surface area (Å²) in [5.74, 6) is -0.381. The number of anilines is 1. The highest BCUT2D eigenvalue weighted by Crippen LogP contribution is 2.37. The van der Waals surface area contributed by atoms with Gasteiger partial charge in [0, 0.05) is 24.8 Å². The van der Waals surface area contributed by atoms with E-state index in [1.165, 1.54) is 5.56 Å². The first-order valence-electron chi connectivity index (χ1n) is 15.0. The highest BCUT2D eigenvalue weighted by atomic mass is 16.5. The lowest BCUT2D eigenvalue weighted by atomic mass is 9.92. The Morgan fingerprint density at radius 1 is 1.14 bits per heavy atom. The van der Waals surface area contributed by atoms with Gasteiger partial charge in [0.25, 0.3) is 0 Å². The van der Waals surface area contributed by atoms with Crippen LogP contribution in [0.2, 0.25) is 0 Å². The van der Waals surface area contributed by atoms with Crippen molar-refractivity contribution in [1.82, 2.24) is 14.6 Å². The number of hydrogen-bond donors (Lipinski definition) is 1. The van der Waals surface area contributed by atoms with Crippen LogP contribution in [-0.2, 0) is 38.6 Å². The highest BCUT2D eigenvalue weighted by Gasteiger charge is 2.37. The Morgan fingerprint density at radius 3 is 2.47 bits per heavy atom. The van der Waals surface area contributed by atoms with Gasteiger partial charge in [-0.3, -0.25) is 0 Å². The molecule has 0 aliphatic carbocycles. The Morgan fingerprint density at radius 2 is 1.84 bits per heavy atom. The second kappa shape index (κ2) is 13.8. The fraction of sp³-hybridized carbons (Fsp3) is 0.500. The maximum atomic E-state index is 12.6. The monoisotopic (exact) mass is 590 g/mol. The van der Waals surface area contributed by atoms with Gasteiger partial charge in [-0.25, -0.2) is 9.78 Å². The minimum Gasteiger partial charge on any atom is -0.479 e. The number of carboxylic acids is 1. The number of rotatable bonds is 14. The predicted molar refractivity (Wildman–Crippen MR) is 168 cm³/mol. The van der Waals surface area contributed by atoms with Gasteiger partial charge in [0.05, 0.1) is 42.3 Å². The molecule has 0 amide bonds. The zero-order chi connectivity index (χ0) is 31.2. The van der Waals surface area contributed by atoms with Crippen molar-refractivity contribution < 1.29 is 24.1 Å². The average Bonchev–Trinajstić information content (AvgIpc) is 3.36. The summed E-state index contributed by atoms with van der Waals surface area (Å²) in [6, 6.07) is 10.2. The van der Waals surface area contributed by atoms with Gasteiger partial charge in [-0.15, -0.1) is 13.2 Å². The van der Waals surface area contributed by atoms with E-state index < -0.39 is 17.7 Å². The molecule has 1 unspecified atom stereocenters. The second-order valence-electron chi connectivity index (χ2n) is 12.4. The van der Waals surface area contributed by atoms with Gasteiger partial charge >= 0.3 is 5.97 Å². The molecular formula is C34H46N4O5. The number of fused-ring (bicyclic) bond motifs is 1. The van der Waals surface area contributed by atoms with Crippen molar-refractivity contribution in [3.63, 3.8) is 0 Å². The summed E-state index contributed by atoms with van der Waals surface area (Å²) < 4.78 is 20.1. The van der Waals surface area contributed by atoms with E-state index in [2.05, 4.69) is 37.1 Å². The molecule has 1 atom stereocenters. The van der Waals surface area contributed by atoms with Gasteiger partial charge in [-0.2, -0.15) is 9.61 Å². The molecule has 2 aromatic heterocycles.